The molecule has 0 radical (unpaired) electrons. The van der Waals surface area contributed by atoms with Gasteiger partial charge in [0.2, 0.25) is 10.0 Å². The van der Waals surface area contributed by atoms with Crippen molar-refractivity contribution in [3.8, 4) is 0 Å². The molecule has 0 atom stereocenters. The van der Waals surface area contributed by atoms with E-state index in [9.17, 15) is 8.42 Å². The average Bonchev–Trinajstić information content (AvgIpc) is 2.02. The Labute approximate surface area is 82.4 Å². The molecule has 0 aliphatic carbocycles. The Kier molecular flexibility index (Phi) is 3.27. The highest BCUT2D eigenvalue weighted by molar-refractivity contribution is 7.89. The molecule has 76 valence electrons. The second-order valence-corrected chi connectivity index (χ2v) is 4.44. The number of nitrogens with two attached hydrogens (primary N) is 1. The number of sulfonamides is 1. The van der Waals surface area contributed by atoms with Gasteiger partial charge in [-0.25, -0.2) is 13.6 Å². The second-order valence-electron chi connectivity index (χ2n) is 2.87. The molecule has 5 nitrogen and oxygen atoms in total. The lowest BCUT2D eigenvalue weighted by atomic mass is 9.82. The lowest BCUT2D eigenvalue weighted by Crippen LogP contribution is -2.15. The molecule has 0 bridgehead atoms. The summed E-state index contributed by atoms with van der Waals surface area (Å²) in [6, 6.07) is 5.62. The van der Waals surface area contributed by atoms with E-state index in [0.717, 1.165) is 0 Å². The van der Waals surface area contributed by atoms with Crippen molar-refractivity contribution >= 4 is 17.1 Å². The maximum Gasteiger partial charge on any atom is 0.456 e. The average molecular weight is 215 g/mol. The van der Waals surface area contributed by atoms with Crippen molar-refractivity contribution in [1.82, 2.24) is 0 Å². The van der Waals surface area contributed by atoms with E-state index in [0.29, 0.717) is 5.56 Å². The molecule has 0 fully saturated rings. The van der Waals surface area contributed by atoms with Crippen LogP contribution < -0.4 is 5.14 Å². The summed E-state index contributed by atoms with van der Waals surface area (Å²) in [5, 5.41) is 22.2. The summed E-state index contributed by atoms with van der Waals surface area (Å²) in [4.78, 5) is 0.00804. The molecule has 0 unspecified atom stereocenters. The van der Waals surface area contributed by atoms with Gasteiger partial charge in [0, 0.05) is 6.32 Å². The molecule has 0 saturated heterocycles. The Morgan fingerprint density at radius 2 is 1.71 bits per heavy atom. The van der Waals surface area contributed by atoms with Crippen LogP contribution in [0.5, 0.6) is 0 Å². The van der Waals surface area contributed by atoms with Crippen LogP contribution in [-0.4, -0.2) is 25.6 Å². The molecular formula is C7H10BNO4S. The number of hydrogen-bond donors (Lipinski definition) is 3. The lowest BCUT2D eigenvalue weighted by molar-refractivity contribution is 0.405. The van der Waals surface area contributed by atoms with Gasteiger partial charge in [-0.3, -0.25) is 0 Å². The summed E-state index contributed by atoms with van der Waals surface area (Å²) in [5.41, 5.74) is 0.632. The zero-order valence-electron chi connectivity index (χ0n) is 7.29. The minimum absolute atomic E-state index is 0.00804. The largest absolute Gasteiger partial charge is 0.456 e. The van der Waals surface area contributed by atoms with Gasteiger partial charge >= 0.3 is 7.12 Å². The van der Waals surface area contributed by atoms with E-state index in [-0.39, 0.29) is 11.2 Å². The predicted octanol–water partition coefficient (Wildman–Crippen LogP) is -1.11. The summed E-state index contributed by atoms with van der Waals surface area (Å²) in [6.45, 7) is 0. The lowest BCUT2D eigenvalue weighted by Gasteiger charge is -2.01. The minimum Gasteiger partial charge on any atom is -0.427 e. The van der Waals surface area contributed by atoms with Gasteiger partial charge in [-0.05, 0) is 17.7 Å². The molecule has 0 saturated carbocycles. The predicted molar refractivity (Wildman–Crippen MR) is 51.7 cm³/mol. The molecule has 14 heavy (non-hydrogen) atoms. The summed E-state index contributed by atoms with van der Waals surface area (Å²) in [7, 11) is -5.11. The van der Waals surface area contributed by atoms with Crippen LogP contribution in [0.15, 0.2) is 29.2 Å². The first kappa shape index (κ1) is 11.2. The molecule has 1 aromatic rings. The molecular weight excluding hydrogens is 205 g/mol. The Morgan fingerprint density at radius 1 is 1.21 bits per heavy atom. The van der Waals surface area contributed by atoms with E-state index in [1.807, 2.05) is 0 Å². The van der Waals surface area contributed by atoms with Crippen molar-refractivity contribution in [3.63, 3.8) is 0 Å². The number of primary sulfonamides is 1. The van der Waals surface area contributed by atoms with Crippen LogP contribution >= 0.6 is 0 Å². The zero-order valence-corrected chi connectivity index (χ0v) is 8.11. The maximum atomic E-state index is 10.8. The smallest absolute Gasteiger partial charge is 0.427 e. The first-order valence-corrected chi connectivity index (χ1v) is 5.42. The van der Waals surface area contributed by atoms with E-state index in [1.165, 1.54) is 24.3 Å². The highest BCUT2D eigenvalue weighted by atomic mass is 32.2. The van der Waals surface area contributed by atoms with Crippen LogP contribution in [0.3, 0.4) is 0 Å². The van der Waals surface area contributed by atoms with Gasteiger partial charge in [-0.1, -0.05) is 12.1 Å². The van der Waals surface area contributed by atoms with Crippen molar-refractivity contribution in [2.75, 3.05) is 0 Å². The summed E-state index contributed by atoms with van der Waals surface area (Å²) in [6.07, 6.45) is 0.0604. The van der Waals surface area contributed by atoms with E-state index in [1.54, 1.807) is 0 Å². The second kappa shape index (κ2) is 4.10. The molecule has 0 heterocycles. The fourth-order valence-corrected chi connectivity index (χ4v) is 1.54. The van der Waals surface area contributed by atoms with Crippen molar-refractivity contribution in [3.05, 3.63) is 29.8 Å². The van der Waals surface area contributed by atoms with Crippen LogP contribution in [-0.2, 0) is 16.3 Å². The molecule has 0 spiro atoms. The summed E-state index contributed by atoms with van der Waals surface area (Å²) >= 11 is 0. The molecule has 4 N–H and O–H groups in total. The van der Waals surface area contributed by atoms with Crippen LogP contribution in [0.2, 0.25) is 0 Å². The van der Waals surface area contributed by atoms with E-state index < -0.39 is 17.1 Å². The van der Waals surface area contributed by atoms with Crippen molar-refractivity contribution in [2.45, 2.75) is 11.2 Å². The third kappa shape index (κ3) is 3.11. The molecule has 0 aromatic heterocycles. The third-order valence-electron chi connectivity index (χ3n) is 1.67. The van der Waals surface area contributed by atoms with Crippen molar-refractivity contribution in [1.29, 1.82) is 0 Å². The first-order chi connectivity index (χ1) is 6.39. The standard InChI is InChI=1S/C7H10BNO4S/c9-14(12,13)7-3-1-6(2-4-7)5-8(10)11/h1-4,10-11H,5H2,(H2,9,12,13). The van der Waals surface area contributed by atoms with Gasteiger partial charge in [0.25, 0.3) is 0 Å². The zero-order chi connectivity index (χ0) is 10.8. The third-order valence-corrected chi connectivity index (χ3v) is 2.60. The Balaban J connectivity index is 2.90. The molecule has 1 aromatic carbocycles. The molecule has 0 aliphatic heterocycles. The molecule has 0 aliphatic rings. The van der Waals surface area contributed by atoms with Crippen molar-refractivity contribution in [2.24, 2.45) is 5.14 Å². The van der Waals surface area contributed by atoms with Crippen LogP contribution in [0.1, 0.15) is 5.56 Å². The highest BCUT2D eigenvalue weighted by Crippen LogP contribution is 2.09. The fraction of sp³-hybridized carbons (Fsp3) is 0.143. The Bertz CT molecular complexity index is 400. The molecule has 7 heteroatoms. The van der Waals surface area contributed by atoms with Crippen LogP contribution in [0, 0.1) is 0 Å². The van der Waals surface area contributed by atoms with Gasteiger partial charge in [-0.15, -0.1) is 0 Å². The van der Waals surface area contributed by atoms with Crippen molar-refractivity contribution < 1.29 is 18.5 Å². The van der Waals surface area contributed by atoms with E-state index in [2.05, 4.69) is 0 Å². The topological polar surface area (TPSA) is 101 Å². The van der Waals surface area contributed by atoms with Crippen LogP contribution in [0.4, 0.5) is 0 Å². The quantitative estimate of drug-likeness (QED) is 0.556. The monoisotopic (exact) mass is 215 g/mol. The van der Waals surface area contributed by atoms with Gasteiger partial charge in [0.05, 0.1) is 4.90 Å². The van der Waals surface area contributed by atoms with Gasteiger partial charge in [0.1, 0.15) is 0 Å². The number of rotatable bonds is 3. The van der Waals surface area contributed by atoms with Gasteiger partial charge in [-0.2, -0.15) is 0 Å². The number of hydrogen-bond acceptors (Lipinski definition) is 4. The fourth-order valence-electron chi connectivity index (χ4n) is 1.03. The summed E-state index contributed by atoms with van der Waals surface area (Å²) < 4.78 is 21.7. The SMILES string of the molecule is NS(=O)(=O)c1ccc(CB(O)O)cc1. The van der Waals surface area contributed by atoms with E-state index in [4.69, 9.17) is 15.2 Å². The number of benzene rings is 1. The molecule has 1 rings (SSSR count). The molecule has 0 amide bonds. The van der Waals surface area contributed by atoms with Crippen LogP contribution in [0.25, 0.3) is 0 Å². The minimum atomic E-state index is -3.67. The van der Waals surface area contributed by atoms with E-state index >= 15 is 0 Å². The highest BCUT2D eigenvalue weighted by Gasteiger charge is 2.10. The van der Waals surface area contributed by atoms with Gasteiger partial charge in [0.15, 0.2) is 0 Å². The summed E-state index contributed by atoms with van der Waals surface area (Å²) in [5.74, 6) is 0. The maximum absolute atomic E-state index is 10.8. The Hall–Kier alpha value is -0.885. The Morgan fingerprint density at radius 3 is 2.07 bits per heavy atom. The first-order valence-electron chi connectivity index (χ1n) is 3.87. The normalized spacial score (nSPS) is 11.4. The van der Waals surface area contributed by atoms with Gasteiger partial charge < -0.3 is 10.0 Å².